The molecule has 1 heterocycles. The molecule has 0 aliphatic carbocycles. The maximum Gasteiger partial charge on any atom is 0.340 e. The monoisotopic (exact) mass is 329 g/mol. The van der Waals surface area contributed by atoms with Crippen molar-refractivity contribution in [3.8, 4) is 0 Å². The van der Waals surface area contributed by atoms with Crippen LogP contribution in [-0.4, -0.2) is 5.97 Å². The molecule has 0 atom stereocenters. The SMILES string of the molecule is Nc1ccc(F)cc1C(=O)OCc1sccc1Br. The van der Waals surface area contributed by atoms with Gasteiger partial charge in [-0.1, -0.05) is 0 Å². The minimum absolute atomic E-state index is 0.0441. The number of carbonyl (C=O) groups excluding carboxylic acids is 1. The highest BCUT2D eigenvalue weighted by Gasteiger charge is 2.13. The summed E-state index contributed by atoms with van der Waals surface area (Å²) in [5.41, 5.74) is 5.84. The summed E-state index contributed by atoms with van der Waals surface area (Å²) in [4.78, 5) is 12.6. The zero-order valence-electron chi connectivity index (χ0n) is 9.15. The fourth-order valence-corrected chi connectivity index (χ4v) is 2.72. The van der Waals surface area contributed by atoms with Crippen LogP contribution >= 0.6 is 27.3 Å². The predicted octanol–water partition coefficient (Wildman–Crippen LogP) is 3.59. The van der Waals surface area contributed by atoms with E-state index < -0.39 is 11.8 Å². The molecule has 18 heavy (non-hydrogen) atoms. The van der Waals surface area contributed by atoms with Crippen molar-refractivity contribution in [1.29, 1.82) is 0 Å². The van der Waals surface area contributed by atoms with E-state index in [1.165, 1.54) is 23.5 Å². The van der Waals surface area contributed by atoms with E-state index in [0.29, 0.717) is 0 Å². The lowest BCUT2D eigenvalue weighted by molar-refractivity contribution is 0.0477. The van der Waals surface area contributed by atoms with E-state index in [-0.39, 0.29) is 17.9 Å². The molecule has 2 rings (SSSR count). The first-order valence-corrected chi connectivity index (χ1v) is 6.69. The molecule has 0 unspecified atom stereocenters. The molecule has 2 N–H and O–H groups in total. The zero-order valence-corrected chi connectivity index (χ0v) is 11.6. The van der Waals surface area contributed by atoms with Gasteiger partial charge in [0.1, 0.15) is 12.4 Å². The van der Waals surface area contributed by atoms with Crippen molar-refractivity contribution in [3.63, 3.8) is 0 Å². The average molecular weight is 330 g/mol. The lowest BCUT2D eigenvalue weighted by atomic mass is 10.2. The Balaban J connectivity index is 2.08. The molecule has 2 aromatic rings. The molecule has 3 nitrogen and oxygen atoms in total. The molecule has 1 aromatic carbocycles. The number of ether oxygens (including phenoxy) is 1. The normalized spacial score (nSPS) is 10.3. The van der Waals surface area contributed by atoms with Gasteiger partial charge in [-0.3, -0.25) is 0 Å². The molecule has 0 saturated carbocycles. The highest BCUT2D eigenvalue weighted by molar-refractivity contribution is 9.10. The lowest BCUT2D eigenvalue weighted by Gasteiger charge is -2.06. The number of nitrogens with two attached hydrogens (primary N) is 1. The highest BCUT2D eigenvalue weighted by Crippen LogP contribution is 2.24. The van der Waals surface area contributed by atoms with Gasteiger partial charge in [0.15, 0.2) is 0 Å². The number of hydrogen-bond acceptors (Lipinski definition) is 4. The maximum absolute atomic E-state index is 13.0. The van der Waals surface area contributed by atoms with Crippen LogP contribution < -0.4 is 5.73 Å². The third kappa shape index (κ3) is 2.88. The van der Waals surface area contributed by atoms with Crippen molar-refractivity contribution in [2.45, 2.75) is 6.61 Å². The number of carbonyl (C=O) groups is 1. The van der Waals surface area contributed by atoms with Crippen molar-refractivity contribution in [2.24, 2.45) is 0 Å². The van der Waals surface area contributed by atoms with Crippen LogP contribution in [0.1, 0.15) is 15.2 Å². The Morgan fingerprint density at radius 1 is 1.44 bits per heavy atom. The first-order valence-electron chi connectivity index (χ1n) is 5.02. The smallest absolute Gasteiger partial charge is 0.340 e. The van der Waals surface area contributed by atoms with Gasteiger partial charge in [0.2, 0.25) is 0 Å². The van der Waals surface area contributed by atoms with E-state index in [0.717, 1.165) is 15.4 Å². The topological polar surface area (TPSA) is 52.3 Å². The van der Waals surface area contributed by atoms with Gasteiger partial charge in [0.25, 0.3) is 0 Å². The molecule has 0 amide bonds. The molecular weight excluding hydrogens is 321 g/mol. The largest absolute Gasteiger partial charge is 0.456 e. The molecule has 0 aliphatic rings. The number of nitrogen functional groups attached to an aromatic ring is 1. The first kappa shape index (κ1) is 13.0. The number of benzene rings is 1. The number of thiophene rings is 1. The van der Waals surface area contributed by atoms with Crippen LogP contribution in [0.15, 0.2) is 34.1 Å². The van der Waals surface area contributed by atoms with Crippen LogP contribution in [0.3, 0.4) is 0 Å². The van der Waals surface area contributed by atoms with Gasteiger partial charge in [0, 0.05) is 10.2 Å². The molecule has 0 aliphatic heterocycles. The number of halogens is 2. The van der Waals surface area contributed by atoms with Gasteiger partial charge in [-0.05, 0) is 45.6 Å². The van der Waals surface area contributed by atoms with Crippen molar-refractivity contribution in [2.75, 3.05) is 5.73 Å². The summed E-state index contributed by atoms with van der Waals surface area (Å²) in [5, 5.41) is 1.88. The Kier molecular flexibility index (Phi) is 3.98. The molecule has 0 bridgehead atoms. The summed E-state index contributed by atoms with van der Waals surface area (Å²) >= 11 is 4.80. The Hall–Kier alpha value is -1.40. The summed E-state index contributed by atoms with van der Waals surface area (Å²) in [6, 6.07) is 5.47. The minimum atomic E-state index is -0.632. The van der Waals surface area contributed by atoms with Gasteiger partial charge in [-0.25, -0.2) is 9.18 Å². The van der Waals surface area contributed by atoms with Crippen molar-refractivity contribution >= 4 is 38.9 Å². The van der Waals surface area contributed by atoms with Crippen LogP contribution in [0.2, 0.25) is 0 Å². The standard InChI is InChI=1S/C12H9BrFNO2S/c13-9-3-4-18-11(9)6-17-12(16)8-5-7(14)1-2-10(8)15/h1-5H,6,15H2. The van der Waals surface area contributed by atoms with Crippen molar-refractivity contribution in [3.05, 3.63) is 50.4 Å². The van der Waals surface area contributed by atoms with Crippen LogP contribution in [0, 0.1) is 5.82 Å². The fourth-order valence-electron chi connectivity index (χ4n) is 1.34. The van der Waals surface area contributed by atoms with Gasteiger partial charge < -0.3 is 10.5 Å². The minimum Gasteiger partial charge on any atom is -0.456 e. The molecule has 6 heteroatoms. The maximum atomic E-state index is 13.0. The first-order chi connectivity index (χ1) is 8.58. The summed E-state index contributed by atoms with van der Waals surface area (Å²) in [6.45, 7) is 0.132. The van der Waals surface area contributed by atoms with Crippen molar-refractivity contribution in [1.82, 2.24) is 0 Å². The van der Waals surface area contributed by atoms with E-state index in [9.17, 15) is 9.18 Å². The van der Waals surface area contributed by atoms with E-state index in [4.69, 9.17) is 10.5 Å². The summed E-state index contributed by atoms with van der Waals surface area (Å²) < 4.78 is 19.0. The molecule has 0 radical (unpaired) electrons. The summed E-state index contributed by atoms with van der Waals surface area (Å²) in [6.07, 6.45) is 0. The van der Waals surface area contributed by atoms with Crippen LogP contribution in [0.25, 0.3) is 0 Å². The van der Waals surface area contributed by atoms with E-state index in [1.807, 2.05) is 11.4 Å². The third-order valence-corrected chi connectivity index (χ3v) is 4.16. The fraction of sp³-hybridized carbons (Fsp3) is 0.0833. The molecule has 94 valence electrons. The third-order valence-electron chi connectivity index (χ3n) is 2.26. The molecular formula is C12H9BrFNO2S. The van der Waals surface area contributed by atoms with Gasteiger partial charge >= 0.3 is 5.97 Å². The number of esters is 1. The van der Waals surface area contributed by atoms with E-state index in [1.54, 1.807) is 0 Å². The predicted molar refractivity (Wildman–Crippen MR) is 72.0 cm³/mol. The van der Waals surface area contributed by atoms with Crippen LogP contribution in [0.4, 0.5) is 10.1 Å². The second-order valence-electron chi connectivity index (χ2n) is 3.50. The molecule has 0 saturated heterocycles. The number of rotatable bonds is 3. The van der Waals surface area contributed by atoms with Crippen LogP contribution in [-0.2, 0) is 11.3 Å². The van der Waals surface area contributed by atoms with Crippen molar-refractivity contribution < 1.29 is 13.9 Å². The summed E-state index contributed by atoms with van der Waals surface area (Å²) in [5.74, 6) is -1.15. The van der Waals surface area contributed by atoms with Gasteiger partial charge in [-0.15, -0.1) is 11.3 Å². The van der Waals surface area contributed by atoms with Gasteiger partial charge in [-0.2, -0.15) is 0 Å². The molecule has 1 aromatic heterocycles. The quantitative estimate of drug-likeness (QED) is 0.691. The molecule has 0 spiro atoms. The number of anilines is 1. The number of hydrogen-bond donors (Lipinski definition) is 1. The van der Waals surface area contributed by atoms with E-state index in [2.05, 4.69) is 15.9 Å². The Morgan fingerprint density at radius 2 is 2.22 bits per heavy atom. The Labute approximate surface area is 116 Å². The summed E-state index contributed by atoms with van der Waals surface area (Å²) in [7, 11) is 0. The van der Waals surface area contributed by atoms with Crippen LogP contribution in [0.5, 0.6) is 0 Å². The lowest BCUT2D eigenvalue weighted by Crippen LogP contribution is -2.08. The Morgan fingerprint density at radius 3 is 2.89 bits per heavy atom. The molecule has 0 fully saturated rings. The highest BCUT2D eigenvalue weighted by atomic mass is 79.9. The van der Waals surface area contributed by atoms with Gasteiger partial charge in [0.05, 0.1) is 10.4 Å². The second kappa shape index (κ2) is 5.49. The second-order valence-corrected chi connectivity index (χ2v) is 5.35. The Bertz CT molecular complexity index is 585. The van der Waals surface area contributed by atoms with E-state index >= 15 is 0 Å². The zero-order chi connectivity index (χ0) is 13.1. The average Bonchev–Trinajstić information content (AvgIpc) is 2.75.